The maximum atomic E-state index is 5.41. The van der Waals surface area contributed by atoms with Crippen LogP contribution in [-0.2, 0) is 0 Å². The average Bonchev–Trinajstić information content (AvgIpc) is 2.61. The number of aromatic nitrogens is 2. The zero-order valence-electron chi connectivity index (χ0n) is 12.5. The number of para-hydroxylation sites is 2. The van der Waals surface area contributed by atoms with Gasteiger partial charge in [-0.25, -0.2) is 9.97 Å². The lowest BCUT2D eigenvalue weighted by molar-refractivity contribution is 0.416. The molecule has 0 fully saturated rings. The Morgan fingerprint density at radius 2 is 1.14 bits per heavy atom. The van der Waals surface area contributed by atoms with E-state index in [1.807, 2.05) is 54.6 Å². The van der Waals surface area contributed by atoms with Gasteiger partial charge in [0.15, 0.2) is 0 Å². The summed E-state index contributed by atoms with van der Waals surface area (Å²) >= 11 is 0. The largest absolute Gasteiger partial charge is 0.496 e. The molecule has 0 aliphatic heterocycles. The third-order valence-corrected chi connectivity index (χ3v) is 3.43. The molecule has 0 radical (unpaired) electrons. The van der Waals surface area contributed by atoms with E-state index in [0.717, 1.165) is 34.0 Å². The number of methoxy groups -OCH3 is 2. The van der Waals surface area contributed by atoms with Crippen LogP contribution < -0.4 is 9.47 Å². The van der Waals surface area contributed by atoms with Crippen LogP contribution in [0.15, 0.2) is 60.9 Å². The molecule has 0 saturated heterocycles. The van der Waals surface area contributed by atoms with Gasteiger partial charge in [-0.15, -0.1) is 0 Å². The third kappa shape index (κ3) is 2.63. The molecule has 0 aliphatic rings. The number of hydrogen-bond acceptors (Lipinski definition) is 4. The van der Waals surface area contributed by atoms with Crippen molar-refractivity contribution in [1.82, 2.24) is 9.97 Å². The zero-order chi connectivity index (χ0) is 15.4. The number of ether oxygens (including phenoxy) is 2. The van der Waals surface area contributed by atoms with Gasteiger partial charge in [0.2, 0.25) is 0 Å². The van der Waals surface area contributed by atoms with Gasteiger partial charge in [0.1, 0.15) is 17.8 Å². The van der Waals surface area contributed by atoms with Crippen molar-refractivity contribution in [2.24, 2.45) is 0 Å². The van der Waals surface area contributed by atoms with Gasteiger partial charge < -0.3 is 9.47 Å². The third-order valence-electron chi connectivity index (χ3n) is 3.43. The van der Waals surface area contributed by atoms with Gasteiger partial charge in [0, 0.05) is 11.1 Å². The number of hydrogen-bond donors (Lipinski definition) is 0. The minimum Gasteiger partial charge on any atom is -0.496 e. The first-order chi connectivity index (χ1) is 10.8. The quantitative estimate of drug-likeness (QED) is 0.733. The highest BCUT2D eigenvalue weighted by atomic mass is 16.5. The lowest BCUT2D eigenvalue weighted by Gasteiger charge is -2.10. The van der Waals surface area contributed by atoms with Crippen molar-refractivity contribution in [3.05, 3.63) is 60.9 Å². The van der Waals surface area contributed by atoms with Crippen LogP contribution in [0, 0.1) is 0 Å². The normalized spacial score (nSPS) is 10.3. The molecule has 4 nitrogen and oxygen atoms in total. The highest BCUT2D eigenvalue weighted by Gasteiger charge is 2.11. The first-order valence-electron chi connectivity index (χ1n) is 6.92. The van der Waals surface area contributed by atoms with Crippen molar-refractivity contribution in [2.45, 2.75) is 0 Å². The molecule has 0 bridgehead atoms. The number of benzene rings is 2. The molecule has 1 heterocycles. The summed E-state index contributed by atoms with van der Waals surface area (Å²) in [7, 11) is 3.31. The topological polar surface area (TPSA) is 44.2 Å². The van der Waals surface area contributed by atoms with Crippen LogP contribution in [0.4, 0.5) is 0 Å². The van der Waals surface area contributed by atoms with E-state index in [1.165, 1.54) is 0 Å². The van der Waals surface area contributed by atoms with Crippen LogP contribution in [0.1, 0.15) is 0 Å². The van der Waals surface area contributed by atoms with E-state index in [-0.39, 0.29) is 0 Å². The summed E-state index contributed by atoms with van der Waals surface area (Å²) in [6.07, 6.45) is 1.56. The Morgan fingerprint density at radius 3 is 1.59 bits per heavy atom. The van der Waals surface area contributed by atoms with Gasteiger partial charge in [-0.2, -0.15) is 0 Å². The molecule has 3 aromatic rings. The van der Waals surface area contributed by atoms with Crippen molar-refractivity contribution in [1.29, 1.82) is 0 Å². The van der Waals surface area contributed by atoms with E-state index < -0.39 is 0 Å². The van der Waals surface area contributed by atoms with Crippen LogP contribution in [0.2, 0.25) is 0 Å². The minimum absolute atomic E-state index is 0.784. The van der Waals surface area contributed by atoms with Crippen LogP contribution in [0.25, 0.3) is 22.5 Å². The molecule has 4 heteroatoms. The van der Waals surface area contributed by atoms with E-state index in [4.69, 9.17) is 9.47 Å². The Kier molecular flexibility index (Phi) is 4.01. The lowest BCUT2D eigenvalue weighted by atomic mass is 10.1. The second-order valence-corrected chi connectivity index (χ2v) is 4.69. The van der Waals surface area contributed by atoms with Crippen molar-refractivity contribution >= 4 is 0 Å². The van der Waals surface area contributed by atoms with E-state index >= 15 is 0 Å². The van der Waals surface area contributed by atoms with Gasteiger partial charge in [-0.05, 0) is 30.3 Å². The molecule has 0 spiro atoms. The number of rotatable bonds is 4. The van der Waals surface area contributed by atoms with Crippen LogP contribution >= 0.6 is 0 Å². The summed E-state index contributed by atoms with van der Waals surface area (Å²) in [5, 5.41) is 0. The highest BCUT2D eigenvalue weighted by molar-refractivity contribution is 5.74. The predicted octanol–water partition coefficient (Wildman–Crippen LogP) is 3.83. The van der Waals surface area contributed by atoms with Crippen LogP contribution in [-0.4, -0.2) is 24.2 Å². The smallest absolute Gasteiger partial charge is 0.128 e. The summed E-state index contributed by atoms with van der Waals surface area (Å²) in [6.45, 7) is 0. The maximum absolute atomic E-state index is 5.41. The van der Waals surface area contributed by atoms with Gasteiger partial charge in [0.05, 0.1) is 25.6 Å². The molecule has 0 aliphatic carbocycles. The fourth-order valence-electron chi connectivity index (χ4n) is 2.36. The van der Waals surface area contributed by atoms with Crippen molar-refractivity contribution in [3.8, 4) is 34.0 Å². The van der Waals surface area contributed by atoms with Crippen molar-refractivity contribution < 1.29 is 9.47 Å². The van der Waals surface area contributed by atoms with E-state index in [1.54, 1.807) is 20.5 Å². The van der Waals surface area contributed by atoms with Crippen molar-refractivity contribution in [2.75, 3.05) is 14.2 Å². The first kappa shape index (κ1) is 14.1. The molecule has 3 rings (SSSR count). The Labute approximate surface area is 129 Å². The summed E-state index contributed by atoms with van der Waals surface area (Å²) in [4.78, 5) is 8.73. The van der Waals surface area contributed by atoms with Crippen LogP contribution in [0.3, 0.4) is 0 Å². The maximum Gasteiger partial charge on any atom is 0.128 e. The van der Waals surface area contributed by atoms with Gasteiger partial charge >= 0.3 is 0 Å². The predicted molar refractivity (Wildman–Crippen MR) is 86.0 cm³/mol. The molecule has 0 atom stereocenters. The van der Waals surface area contributed by atoms with Gasteiger partial charge in [-0.3, -0.25) is 0 Å². The lowest BCUT2D eigenvalue weighted by Crippen LogP contribution is -1.94. The Morgan fingerprint density at radius 1 is 0.682 bits per heavy atom. The SMILES string of the molecule is COc1ccccc1-c1cc(-c2ccccc2OC)ncn1. The molecular formula is C18H16N2O2. The zero-order valence-corrected chi connectivity index (χ0v) is 12.5. The van der Waals surface area contributed by atoms with Gasteiger partial charge in [0.25, 0.3) is 0 Å². The van der Waals surface area contributed by atoms with E-state index in [0.29, 0.717) is 0 Å². The standard InChI is InChI=1S/C18H16N2O2/c1-21-17-9-5-3-7-13(17)15-11-16(20-12-19-15)14-8-4-6-10-18(14)22-2/h3-12H,1-2H3. The molecule has 0 amide bonds. The van der Waals surface area contributed by atoms with E-state index in [2.05, 4.69) is 9.97 Å². The molecule has 0 unspecified atom stereocenters. The molecule has 22 heavy (non-hydrogen) atoms. The second-order valence-electron chi connectivity index (χ2n) is 4.69. The molecule has 1 aromatic heterocycles. The van der Waals surface area contributed by atoms with Gasteiger partial charge in [-0.1, -0.05) is 24.3 Å². The summed E-state index contributed by atoms with van der Waals surface area (Å²) < 4.78 is 10.8. The summed E-state index contributed by atoms with van der Waals surface area (Å²) in [6, 6.07) is 17.5. The molecule has 0 saturated carbocycles. The Bertz CT molecular complexity index is 725. The fraction of sp³-hybridized carbons (Fsp3) is 0.111. The van der Waals surface area contributed by atoms with Crippen molar-refractivity contribution in [3.63, 3.8) is 0 Å². The molecule has 0 N–H and O–H groups in total. The summed E-state index contributed by atoms with van der Waals surface area (Å²) in [5.74, 6) is 1.57. The van der Waals surface area contributed by atoms with Crippen LogP contribution in [0.5, 0.6) is 11.5 Å². The number of nitrogens with zero attached hydrogens (tertiary/aromatic N) is 2. The molecular weight excluding hydrogens is 276 g/mol. The highest BCUT2D eigenvalue weighted by Crippen LogP contribution is 2.32. The monoisotopic (exact) mass is 292 g/mol. The second kappa shape index (κ2) is 6.26. The first-order valence-corrected chi connectivity index (χ1v) is 6.92. The molecule has 2 aromatic carbocycles. The van der Waals surface area contributed by atoms with E-state index in [9.17, 15) is 0 Å². The fourth-order valence-corrected chi connectivity index (χ4v) is 2.36. The average molecular weight is 292 g/mol. The minimum atomic E-state index is 0.784. The Balaban J connectivity index is 2.10. The summed E-state index contributed by atoms with van der Waals surface area (Å²) in [5.41, 5.74) is 3.49. The Hall–Kier alpha value is -2.88. The molecule has 110 valence electrons.